The van der Waals surface area contributed by atoms with Gasteiger partial charge in [-0.05, 0) is 31.3 Å². The van der Waals surface area contributed by atoms with E-state index in [1.165, 1.54) is 31.3 Å². The van der Waals surface area contributed by atoms with Crippen LogP contribution in [-0.2, 0) is 10.0 Å². The van der Waals surface area contributed by atoms with Gasteiger partial charge in [0.15, 0.2) is 0 Å². The van der Waals surface area contributed by atoms with Crippen LogP contribution in [0.25, 0.3) is 0 Å². The number of amides is 1. The number of hydrogen-bond acceptors (Lipinski definition) is 4. The van der Waals surface area contributed by atoms with Crippen LogP contribution in [0.2, 0.25) is 0 Å². The average Bonchev–Trinajstić information content (AvgIpc) is 2.36. The summed E-state index contributed by atoms with van der Waals surface area (Å²) in [7, 11) is -2.16. The third-order valence-electron chi connectivity index (χ3n) is 2.09. The Morgan fingerprint density at radius 1 is 1.29 bits per heavy atom. The Hall–Kier alpha value is -1.44. The van der Waals surface area contributed by atoms with Crippen molar-refractivity contribution in [3.63, 3.8) is 0 Å². The van der Waals surface area contributed by atoms with E-state index in [-0.39, 0.29) is 24.0 Å². The third-order valence-corrected chi connectivity index (χ3v) is 3.52. The molecule has 0 saturated carbocycles. The highest BCUT2D eigenvalue weighted by atomic mass is 32.2. The molecule has 0 fully saturated rings. The van der Waals surface area contributed by atoms with Gasteiger partial charge in [-0.15, -0.1) is 0 Å². The second-order valence-electron chi connectivity index (χ2n) is 3.21. The van der Waals surface area contributed by atoms with Crippen molar-refractivity contribution in [2.24, 2.45) is 0 Å². The summed E-state index contributed by atoms with van der Waals surface area (Å²) in [5.41, 5.74) is 0.341. The van der Waals surface area contributed by atoms with E-state index in [0.717, 1.165) is 0 Å². The summed E-state index contributed by atoms with van der Waals surface area (Å²) in [5.74, 6) is -0.354. The van der Waals surface area contributed by atoms with E-state index in [1.54, 1.807) is 0 Å². The molecule has 0 unspecified atom stereocenters. The molecule has 1 aromatic rings. The fourth-order valence-electron chi connectivity index (χ4n) is 1.17. The lowest BCUT2D eigenvalue weighted by molar-refractivity contribution is 0.0944. The predicted octanol–water partition coefficient (Wildman–Crippen LogP) is -0.683. The molecular formula is C10H14N2O4S. The summed E-state index contributed by atoms with van der Waals surface area (Å²) in [6.45, 7) is 0.0212. The van der Waals surface area contributed by atoms with Crippen LogP contribution in [0, 0.1) is 0 Å². The topological polar surface area (TPSA) is 95.5 Å². The lowest BCUT2D eigenvalue weighted by atomic mass is 10.2. The van der Waals surface area contributed by atoms with Crippen molar-refractivity contribution in [1.82, 2.24) is 10.0 Å². The third kappa shape index (κ3) is 3.52. The molecule has 17 heavy (non-hydrogen) atoms. The van der Waals surface area contributed by atoms with Gasteiger partial charge < -0.3 is 10.4 Å². The van der Waals surface area contributed by atoms with Gasteiger partial charge in [-0.3, -0.25) is 4.79 Å². The molecule has 0 spiro atoms. The number of aliphatic hydroxyl groups excluding tert-OH is 1. The lowest BCUT2D eigenvalue weighted by Crippen LogP contribution is -2.26. The molecule has 0 atom stereocenters. The van der Waals surface area contributed by atoms with E-state index < -0.39 is 10.0 Å². The molecule has 7 heteroatoms. The van der Waals surface area contributed by atoms with Crippen LogP contribution in [0.5, 0.6) is 0 Å². The van der Waals surface area contributed by atoms with Gasteiger partial charge in [-0.2, -0.15) is 0 Å². The molecule has 0 aliphatic heterocycles. The van der Waals surface area contributed by atoms with Gasteiger partial charge in [0.1, 0.15) is 0 Å². The quantitative estimate of drug-likeness (QED) is 0.652. The van der Waals surface area contributed by atoms with Crippen molar-refractivity contribution < 1.29 is 18.3 Å². The maximum atomic E-state index is 11.4. The first-order valence-electron chi connectivity index (χ1n) is 4.94. The molecular weight excluding hydrogens is 244 g/mol. The van der Waals surface area contributed by atoms with Crippen LogP contribution in [-0.4, -0.2) is 39.6 Å². The molecule has 6 nitrogen and oxygen atoms in total. The van der Waals surface area contributed by atoms with Crippen LogP contribution in [0.4, 0.5) is 0 Å². The normalized spacial score (nSPS) is 11.2. The zero-order valence-corrected chi connectivity index (χ0v) is 10.1. The first kappa shape index (κ1) is 13.6. The fourth-order valence-corrected chi connectivity index (χ4v) is 1.90. The van der Waals surface area contributed by atoms with Crippen molar-refractivity contribution in [2.45, 2.75) is 4.90 Å². The number of carbonyl (C=O) groups excluding carboxylic acids is 1. The van der Waals surface area contributed by atoms with Crippen molar-refractivity contribution in [3.8, 4) is 0 Å². The minimum absolute atomic E-state index is 0.0960. The van der Waals surface area contributed by atoms with E-state index in [4.69, 9.17) is 5.11 Å². The smallest absolute Gasteiger partial charge is 0.251 e. The summed E-state index contributed by atoms with van der Waals surface area (Å²) >= 11 is 0. The van der Waals surface area contributed by atoms with Crippen molar-refractivity contribution in [2.75, 3.05) is 20.2 Å². The highest BCUT2D eigenvalue weighted by Gasteiger charge is 2.12. The Balaban J connectivity index is 2.85. The van der Waals surface area contributed by atoms with Gasteiger partial charge in [0, 0.05) is 12.1 Å². The number of rotatable bonds is 5. The van der Waals surface area contributed by atoms with Gasteiger partial charge in [-0.1, -0.05) is 0 Å². The Bertz CT molecular complexity index is 482. The molecule has 0 heterocycles. The minimum atomic E-state index is -3.48. The number of aliphatic hydroxyl groups is 1. The van der Waals surface area contributed by atoms with Crippen molar-refractivity contribution >= 4 is 15.9 Å². The molecule has 94 valence electrons. The van der Waals surface area contributed by atoms with Crippen LogP contribution in [0.1, 0.15) is 10.4 Å². The maximum absolute atomic E-state index is 11.4. The Labute approximate surface area is 99.7 Å². The standard InChI is InChI=1S/C10H14N2O4S/c1-11-17(15,16)9-4-2-8(3-5-9)10(14)12-6-7-13/h2-5,11,13H,6-7H2,1H3,(H,12,14). The number of benzene rings is 1. The lowest BCUT2D eigenvalue weighted by Gasteiger charge is -2.05. The molecule has 1 amide bonds. The number of carbonyl (C=O) groups is 1. The summed E-state index contributed by atoms with van der Waals surface area (Å²) < 4.78 is 25.0. The molecule has 0 radical (unpaired) electrons. The molecule has 0 aromatic heterocycles. The van der Waals surface area contributed by atoms with Crippen LogP contribution in [0.15, 0.2) is 29.2 Å². The zero-order valence-electron chi connectivity index (χ0n) is 9.30. The van der Waals surface area contributed by atoms with E-state index in [1.807, 2.05) is 0 Å². The van der Waals surface area contributed by atoms with Gasteiger partial charge in [-0.25, -0.2) is 13.1 Å². The maximum Gasteiger partial charge on any atom is 0.251 e. The highest BCUT2D eigenvalue weighted by molar-refractivity contribution is 7.89. The van der Waals surface area contributed by atoms with E-state index in [0.29, 0.717) is 5.56 Å². The monoisotopic (exact) mass is 258 g/mol. The average molecular weight is 258 g/mol. The molecule has 0 aliphatic rings. The fraction of sp³-hybridized carbons (Fsp3) is 0.300. The Morgan fingerprint density at radius 3 is 2.35 bits per heavy atom. The van der Waals surface area contributed by atoms with Crippen molar-refractivity contribution in [3.05, 3.63) is 29.8 Å². The van der Waals surface area contributed by atoms with E-state index >= 15 is 0 Å². The Morgan fingerprint density at radius 2 is 1.88 bits per heavy atom. The molecule has 0 aliphatic carbocycles. The Kier molecular flexibility index (Phi) is 4.62. The van der Waals surface area contributed by atoms with Gasteiger partial charge in [0.25, 0.3) is 5.91 Å². The SMILES string of the molecule is CNS(=O)(=O)c1ccc(C(=O)NCCO)cc1. The number of hydrogen-bond donors (Lipinski definition) is 3. The highest BCUT2D eigenvalue weighted by Crippen LogP contribution is 2.09. The summed E-state index contributed by atoms with van der Waals surface area (Å²) in [4.78, 5) is 11.5. The van der Waals surface area contributed by atoms with E-state index in [9.17, 15) is 13.2 Å². The van der Waals surface area contributed by atoms with Crippen LogP contribution < -0.4 is 10.0 Å². The summed E-state index contributed by atoms with van der Waals surface area (Å²) in [5, 5.41) is 11.0. The predicted molar refractivity (Wildman–Crippen MR) is 62.1 cm³/mol. The molecule has 0 bridgehead atoms. The molecule has 1 rings (SSSR count). The van der Waals surface area contributed by atoms with Gasteiger partial charge in [0.05, 0.1) is 11.5 Å². The largest absolute Gasteiger partial charge is 0.395 e. The van der Waals surface area contributed by atoms with Gasteiger partial charge >= 0.3 is 0 Å². The van der Waals surface area contributed by atoms with Crippen LogP contribution in [0.3, 0.4) is 0 Å². The number of nitrogens with one attached hydrogen (secondary N) is 2. The second-order valence-corrected chi connectivity index (χ2v) is 5.10. The summed E-state index contributed by atoms with van der Waals surface area (Å²) in [6, 6.07) is 5.52. The zero-order chi connectivity index (χ0) is 12.9. The number of sulfonamides is 1. The van der Waals surface area contributed by atoms with E-state index in [2.05, 4.69) is 10.0 Å². The summed E-state index contributed by atoms with van der Waals surface area (Å²) in [6.07, 6.45) is 0. The van der Waals surface area contributed by atoms with Gasteiger partial charge in [0.2, 0.25) is 10.0 Å². The first-order valence-corrected chi connectivity index (χ1v) is 6.42. The second kappa shape index (κ2) is 5.76. The molecule has 3 N–H and O–H groups in total. The van der Waals surface area contributed by atoms with Crippen molar-refractivity contribution in [1.29, 1.82) is 0 Å². The first-order chi connectivity index (χ1) is 8.01. The molecule has 1 aromatic carbocycles. The minimum Gasteiger partial charge on any atom is -0.395 e. The molecule has 0 saturated heterocycles. The van der Waals surface area contributed by atoms with Crippen LogP contribution >= 0.6 is 0 Å².